The van der Waals surface area contributed by atoms with Crippen LogP contribution < -0.4 is 0 Å². The molecule has 0 atom stereocenters. The maximum absolute atomic E-state index is 13.1. The van der Waals surface area contributed by atoms with Crippen molar-refractivity contribution in [3.8, 4) is 0 Å². The molecule has 1 aromatic carbocycles. The number of nitrogens with zero attached hydrogens (tertiary/aromatic N) is 2. The van der Waals surface area contributed by atoms with Gasteiger partial charge in [0, 0.05) is 7.05 Å². The van der Waals surface area contributed by atoms with Crippen LogP contribution in [-0.4, -0.2) is 47.6 Å². The van der Waals surface area contributed by atoms with Crippen molar-refractivity contribution in [2.45, 2.75) is 6.54 Å². The molecule has 2 rings (SSSR count). The van der Waals surface area contributed by atoms with Gasteiger partial charge < -0.3 is 10.0 Å². The Morgan fingerprint density at radius 2 is 2.23 bits per heavy atom. The molecule has 1 aromatic rings. The van der Waals surface area contributed by atoms with E-state index in [2.05, 4.69) is 0 Å². The van der Waals surface area contributed by atoms with Crippen molar-refractivity contribution < 1.29 is 23.9 Å². The molecule has 0 aromatic heterocycles. The van der Waals surface area contributed by atoms with E-state index in [1.807, 2.05) is 0 Å². The summed E-state index contributed by atoms with van der Waals surface area (Å²) in [6.45, 7) is -0.0163. The van der Waals surface area contributed by atoms with Gasteiger partial charge in [0.2, 0.25) is 0 Å². The van der Waals surface area contributed by atoms with Gasteiger partial charge >= 0.3 is 0 Å². The van der Waals surface area contributed by atoms with E-state index in [1.54, 1.807) is 0 Å². The maximum Gasteiger partial charge on any atom is 0.289 e. The number of hydrogen-bond donors (Lipinski definition) is 1. The van der Waals surface area contributed by atoms with Crippen LogP contribution in [0.25, 0.3) is 0 Å². The Morgan fingerprint density at radius 1 is 1.55 bits per heavy atom. The van der Waals surface area contributed by atoms with Crippen LogP contribution >= 0.6 is 11.6 Å². The number of carbonyl (C=O) groups is 2. The van der Waals surface area contributed by atoms with E-state index in [0.29, 0.717) is 5.56 Å². The lowest BCUT2D eigenvalue weighted by Gasteiger charge is -2.20. The van der Waals surface area contributed by atoms with Crippen LogP contribution in [-0.2, 0) is 21.0 Å². The van der Waals surface area contributed by atoms with Crippen molar-refractivity contribution in [3.05, 3.63) is 45.9 Å². The highest BCUT2D eigenvalue weighted by Crippen LogP contribution is 2.21. The lowest BCUT2D eigenvalue weighted by molar-refractivity contribution is -0.174. The fourth-order valence-electron chi connectivity index (χ4n) is 2.04. The van der Waals surface area contributed by atoms with E-state index in [1.165, 1.54) is 37.3 Å². The SMILES string of the molecule is CON(Cc1ccc(F)c(Cl)c1)C(=O)C1=C(O)C(=O)N(C)C1. The molecule has 0 aliphatic carbocycles. The van der Waals surface area contributed by atoms with E-state index < -0.39 is 23.4 Å². The summed E-state index contributed by atoms with van der Waals surface area (Å²) in [6, 6.07) is 4.01. The molecule has 0 spiro atoms. The first-order valence-corrected chi connectivity index (χ1v) is 6.70. The summed E-state index contributed by atoms with van der Waals surface area (Å²) in [6.07, 6.45) is 0. The van der Waals surface area contributed by atoms with Gasteiger partial charge in [0.15, 0.2) is 5.76 Å². The Kier molecular flexibility index (Phi) is 4.68. The summed E-state index contributed by atoms with van der Waals surface area (Å²) >= 11 is 5.69. The fourth-order valence-corrected chi connectivity index (χ4v) is 2.24. The highest BCUT2D eigenvalue weighted by molar-refractivity contribution is 6.30. The molecule has 1 N–H and O–H groups in total. The first-order chi connectivity index (χ1) is 10.3. The Bertz CT molecular complexity index is 662. The number of benzene rings is 1. The quantitative estimate of drug-likeness (QED) is 0.853. The molecule has 2 amide bonds. The van der Waals surface area contributed by atoms with Crippen LogP contribution in [0.5, 0.6) is 0 Å². The minimum atomic E-state index is -0.641. The molecule has 118 valence electrons. The molecule has 1 aliphatic heterocycles. The van der Waals surface area contributed by atoms with Crippen molar-refractivity contribution in [1.29, 1.82) is 0 Å². The monoisotopic (exact) mass is 328 g/mol. The number of hydrogen-bond acceptors (Lipinski definition) is 4. The van der Waals surface area contributed by atoms with Crippen LogP contribution in [0, 0.1) is 5.82 Å². The molecule has 0 radical (unpaired) electrons. The normalized spacial score (nSPS) is 14.7. The standard InChI is InChI=1S/C14H14ClFN2O4/c1-17-7-9(12(19)14(17)21)13(20)18(22-2)6-8-3-4-11(16)10(15)5-8/h3-5,19H,6-7H2,1-2H3. The average Bonchev–Trinajstić information content (AvgIpc) is 2.75. The summed E-state index contributed by atoms with van der Waals surface area (Å²) in [5, 5.41) is 10.6. The number of aliphatic hydroxyl groups is 1. The lowest BCUT2D eigenvalue weighted by atomic mass is 10.2. The summed E-state index contributed by atoms with van der Waals surface area (Å²) in [5.74, 6) is -2.42. The molecule has 6 nitrogen and oxygen atoms in total. The Balaban J connectivity index is 2.20. The molecule has 1 aliphatic rings. The number of aliphatic hydroxyl groups excluding tert-OH is 1. The van der Waals surface area contributed by atoms with Crippen molar-refractivity contribution in [1.82, 2.24) is 9.96 Å². The van der Waals surface area contributed by atoms with Crippen molar-refractivity contribution in [2.75, 3.05) is 20.7 Å². The number of carbonyl (C=O) groups excluding carboxylic acids is 2. The second-order valence-electron chi connectivity index (χ2n) is 4.76. The first kappa shape index (κ1) is 16.3. The number of rotatable bonds is 4. The molecule has 22 heavy (non-hydrogen) atoms. The molecule has 0 bridgehead atoms. The van der Waals surface area contributed by atoms with Gasteiger partial charge in [-0.25, -0.2) is 9.45 Å². The van der Waals surface area contributed by atoms with E-state index in [4.69, 9.17) is 16.4 Å². The lowest BCUT2D eigenvalue weighted by Crippen LogP contribution is -2.32. The van der Waals surface area contributed by atoms with Crippen LogP contribution in [0.4, 0.5) is 4.39 Å². The van der Waals surface area contributed by atoms with Gasteiger partial charge in [-0.15, -0.1) is 0 Å². The number of amides is 2. The third kappa shape index (κ3) is 3.05. The number of halogens is 2. The van der Waals surface area contributed by atoms with E-state index in [0.717, 1.165) is 5.06 Å². The van der Waals surface area contributed by atoms with Gasteiger partial charge in [0.05, 0.1) is 30.8 Å². The topological polar surface area (TPSA) is 70.1 Å². The van der Waals surface area contributed by atoms with Gasteiger partial charge in [-0.2, -0.15) is 0 Å². The summed E-state index contributed by atoms with van der Waals surface area (Å²) in [7, 11) is 2.75. The molecular weight excluding hydrogens is 315 g/mol. The summed E-state index contributed by atoms with van der Waals surface area (Å²) in [5.41, 5.74) is 0.488. The summed E-state index contributed by atoms with van der Waals surface area (Å²) < 4.78 is 13.1. The third-order valence-electron chi connectivity index (χ3n) is 3.25. The van der Waals surface area contributed by atoms with Gasteiger partial charge in [0.1, 0.15) is 5.82 Å². The smallest absolute Gasteiger partial charge is 0.289 e. The molecule has 0 fully saturated rings. The number of likely N-dealkylation sites (N-methyl/N-ethyl adjacent to an activating group) is 1. The van der Waals surface area contributed by atoms with Gasteiger partial charge in [-0.05, 0) is 17.7 Å². The largest absolute Gasteiger partial charge is 0.503 e. The molecule has 0 saturated heterocycles. The van der Waals surface area contributed by atoms with E-state index in [9.17, 15) is 19.1 Å². The van der Waals surface area contributed by atoms with E-state index in [-0.39, 0.29) is 23.7 Å². The fraction of sp³-hybridized carbons (Fsp3) is 0.286. The Labute approximate surface area is 131 Å². The predicted molar refractivity (Wildman–Crippen MR) is 76.3 cm³/mol. The van der Waals surface area contributed by atoms with Gasteiger partial charge in [-0.3, -0.25) is 14.4 Å². The molecule has 8 heteroatoms. The highest BCUT2D eigenvalue weighted by atomic mass is 35.5. The van der Waals surface area contributed by atoms with Crippen LogP contribution in [0.3, 0.4) is 0 Å². The average molecular weight is 329 g/mol. The molecule has 1 heterocycles. The molecular formula is C14H14ClFN2O4. The second-order valence-corrected chi connectivity index (χ2v) is 5.17. The minimum Gasteiger partial charge on any atom is -0.503 e. The Morgan fingerprint density at radius 3 is 2.73 bits per heavy atom. The number of hydroxylamine groups is 2. The third-order valence-corrected chi connectivity index (χ3v) is 3.54. The maximum atomic E-state index is 13.1. The Hall–Kier alpha value is -2.12. The van der Waals surface area contributed by atoms with Crippen molar-refractivity contribution in [3.63, 3.8) is 0 Å². The zero-order chi connectivity index (χ0) is 16.4. The van der Waals surface area contributed by atoms with Crippen molar-refractivity contribution >= 4 is 23.4 Å². The molecule has 0 unspecified atom stereocenters. The predicted octanol–water partition coefficient (Wildman–Crippen LogP) is 1.65. The van der Waals surface area contributed by atoms with Crippen LogP contribution in [0.2, 0.25) is 5.02 Å². The zero-order valence-corrected chi connectivity index (χ0v) is 12.7. The van der Waals surface area contributed by atoms with Crippen molar-refractivity contribution in [2.24, 2.45) is 0 Å². The zero-order valence-electron chi connectivity index (χ0n) is 12.0. The van der Waals surface area contributed by atoms with Gasteiger partial charge in [-0.1, -0.05) is 17.7 Å². The first-order valence-electron chi connectivity index (χ1n) is 6.32. The highest BCUT2D eigenvalue weighted by Gasteiger charge is 2.34. The summed E-state index contributed by atoms with van der Waals surface area (Å²) in [4.78, 5) is 30.1. The molecule has 0 saturated carbocycles. The minimum absolute atomic E-state index is 0.00641. The van der Waals surface area contributed by atoms with E-state index >= 15 is 0 Å². The van der Waals surface area contributed by atoms with Crippen LogP contribution in [0.1, 0.15) is 5.56 Å². The van der Waals surface area contributed by atoms with Crippen LogP contribution in [0.15, 0.2) is 29.5 Å². The van der Waals surface area contributed by atoms with Gasteiger partial charge in [0.25, 0.3) is 11.8 Å². The second kappa shape index (κ2) is 6.33.